The predicted molar refractivity (Wildman–Crippen MR) is 126 cm³/mol. The molecule has 0 fully saturated rings. The quantitative estimate of drug-likeness (QED) is 0.290. The Morgan fingerprint density at radius 1 is 1.00 bits per heavy atom. The van der Waals surface area contributed by atoms with Crippen LogP contribution in [-0.2, 0) is 24.5 Å². The van der Waals surface area contributed by atoms with Crippen molar-refractivity contribution in [3.63, 3.8) is 0 Å². The number of hydrogen-bond donors (Lipinski definition) is 0. The molecule has 0 saturated heterocycles. The summed E-state index contributed by atoms with van der Waals surface area (Å²) >= 11 is 0. The highest BCUT2D eigenvalue weighted by Gasteiger charge is 2.52. The Kier molecular flexibility index (Phi) is 7.92. The highest BCUT2D eigenvalue weighted by Crippen LogP contribution is 2.48. The first-order valence-corrected chi connectivity index (χ1v) is 11.4. The van der Waals surface area contributed by atoms with Crippen molar-refractivity contribution in [2.45, 2.75) is 97.2 Å². The third kappa shape index (κ3) is 6.21. The highest BCUT2D eigenvalue weighted by molar-refractivity contribution is 6.21. The smallest absolute Gasteiger partial charge is 0.421 e. The third-order valence-electron chi connectivity index (χ3n) is 5.18. The van der Waals surface area contributed by atoms with E-state index in [9.17, 15) is 14.4 Å². The number of ether oxygens (including phenoxy) is 2. The Bertz CT molecular complexity index is 875. The normalized spacial score (nSPS) is 18.7. The fourth-order valence-corrected chi connectivity index (χ4v) is 3.91. The van der Waals surface area contributed by atoms with Gasteiger partial charge >= 0.3 is 12.1 Å². The second-order valence-corrected chi connectivity index (χ2v) is 10.3. The molecule has 6 nitrogen and oxygen atoms in total. The molecule has 0 unspecified atom stereocenters. The zero-order chi connectivity index (χ0) is 24.2. The van der Waals surface area contributed by atoms with Crippen LogP contribution in [0.15, 0.2) is 36.4 Å². The molecule has 1 aromatic rings. The highest BCUT2D eigenvalue weighted by atomic mass is 16.6. The average Bonchev–Trinajstić information content (AvgIpc) is 2.88. The molecule has 0 saturated carbocycles. The molecule has 0 bridgehead atoms. The summed E-state index contributed by atoms with van der Waals surface area (Å²) in [5.74, 6) is -0.762. The van der Waals surface area contributed by atoms with Crippen molar-refractivity contribution >= 4 is 23.7 Å². The number of esters is 1. The van der Waals surface area contributed by atoms with Crippen LogP contribution in [0.1, 0.15) is 86.1 Å². The van der Waals surface area contributed by atoms with E-state index in [0.717, 1.165) is 29.7 Å². The van der Waals surface area contributed by atoms with Gasteiger partial charge in [-0.2, -0.15) is 0 Å². The van der Waals surface area contributed by atoms with Crippen LogP contribution in [-0.4, -0.2) is 29.2 Å². The standard InChI is InChI=1S/C26H37NO5/c1-8-9-12-17-26(18-13-16-21(28)31-24(2,3)4)19-14-10-11-15-20(19)27(22(26)29)23(30)32-25(5,6)7/h10-11,13-16H,8-9,12,17-18H2,1-7H3/b16-13+/t26-/m0/s1. The molecule has 0 aliphatic carbocycles. The van der Waals surface area contributed by atoms with Crippen LogP contribution in [0.2, 0.25) is 0 Å². The van der Waals surface area contributed by atoms with Crippen molar-refractivity contribution in [3.8, 4) is 0 Å². The van der Waals surface area contributed by atoms with Gasteiger partial charge in [0, 0.05) is 6.08 Å². The number of carbonyl (C=O) groups is 3. The molecule has 6 heteroatoms. The summed E-state index contributed by atoms with van der Waals surface area (Å²) in [6.07, 6.45) is 6.07. The SMILES string of the molecule is CCCCC[C@@]1(C/C=C/C(=O)OC(C)(C)C)C(=O)N(C(=O)OC(C)(C)C)c2ccccc21. The molecule has 2 rings (SSSR count). The number of imide groups is 1. The van der Waals surface area contributed by atoms with Gasteiger partial charge < -0.3 is 9.47 Å². The van der Waals surface area contributed by atoms with E-state index in [1.165, 1.54) is 6.08 Å². The first-order valence-electron chi connectivity index (χ1n) is 11.4. The zero-order valence-corrected chi connectivity index (χ0v) is 20.5. The molecule has 0 N–H and O–H groups in total. The number of carbonyl (C=O) groups excluding carboxylic acids is 3. The molecule has 0 spiro atoms. The lowest BCUT2D eigenvalue weighted by atomic mass is 9.74. The fraction of sp³-hybridized carbons (Fsp3) is 0.577. The van der Waals surface area contributed by atoms with Gasteiger partial charge in [0.1, 0.15) is 11.2 Å². The van der Waals surface area contributed by atoms with Gasteiger partial charge in [-0.25, -0.2) is 14.5 Å². The van der Waals surface area contributed by atoms with Crippen molar-refractivity contribution in [1.82, 2.24) is 0 Å². The summed E-state index contributed by atoms with van der Waals surface area (Å²) in [6, 6.07) is 7.35. The topological polar surface area (TPSA) is 72.9 Å². The minimum absolute atomic E-state index is 0.297. The number of amides is 2. The van der Waals surface area contributed by atoms with E-state index in [-0.39, 0.29) is 5.91 Å². The van der Waals surface area contributed by atoms with Crippen LogP contribution in [0, 0.1) is 0 Å². The molecular weight excluding hydrogens is 406 g/mol. The van der Waals surface area contributed by atoms with Crippen molar-refractivity contribution in [1.29, 1.82) is 0 Å². The monoisotopic (exact) mass is 443 g/mol. The lowest BCUT2D eigenvalue weighted by Crippen LogP contribution is -2.45. The summed E-state index contributed by atoms with van der Waals surface area (Å²) < 4.78 is 10.9. The van der Waals surface area contributed by atoms with E-state index in [1.807, 2.05) is 18.2 Å². The summed E-state index contributed by atoms with van der Waals surface area (Å²) in [4.78, 5) is 40.1. The van der Waals surface area contributed by atoms with E-state index >= 15 is 0 Å². The number of nitrogens with zero attached hydrogens (tertiary/aromatic N) is 1. The first-order chi connectivity index (χ1) is 14.8. The van der Waals surface area contributed by atoms with Gasteiger partial charge in [0.05, 0.1) is 11.1 Å². The lowest BCUT2D eigenvalue weighted by molar-refractivity contribution is -0.148. The molecule has 1 atom stereocenters. The number of fused-ring (bicyclic) bond motifs is 1. The Labute approximate surface area is 192 Å². The third-order valence-corrected chi connectivity index (χ3v) is 5.18. The average molecular weight is 444 g/mol. The van der Waals surface area contributed by atoms with Crippen LogP contribution < -0.4 is 4.90 Å². The van der Waals surface area contributed by atoms with Gasteiger partial charge in [-0.1, -0.05) is 50.5 Å². The lowest BCUT2D eigenvalue weighted by Gasteiger charge is -2.28. The van der Waals surface area contributed by atoms with Crippen molar-refractivity contribution in [3.05, 3.63) is 42.0 Å². The van der Waals surface area contributed by atoms with E-state index in [1.54, 1.807) is 53.7 Å². The number of hydrogen-bond acceptors (Lipinski definition) is 5. The van der Waals surface area contributed by atoms with Gasteiger partial charge in [0.2, 0.25) is 5.91 Å². The summed E-state index contributed by atoms with van der Waals surface area (Å²) in [5.41, 5.74) is -0.907. The van der Waals surface area contributed by atoms with Crippen LogP contribution in [0.3, 0.4) is 0 Å². The number of rotatable bonds is 7. The Morgan fingerprint density at radius 3 is 2.22 bits per heavy atom. The van der Waals surface area contributed by atoms with Gasteiger partial charge in [0.25, 0.3) is 0 Å². The zero-order valence-electron chi connectivity index (χ0n) is 20.5. The van der Waals surface area contributed by atoms with Gasteiger partial charge in [0.15, 0.2) is 0 Å². The number of anilines is 1. The van der Waals surface area contributed by atoms with Crippen LogP contribution in [0.4, 0.5) is 10.5 Å². The van der Waals surface area contributed by atoms with Gasteiger partial charge in [-0.15, -0.1) is 0 Å². The van der Waals surface area contributed by atoms with Gasteiger partial charge in [-0.05, 0) is 66.0 Å². The maximum absolute atomic E-state index is 13.8. The summed E-state index contributed by atoms with van der Waals surface area (Å²) in [5, 5.41) is 0. The number of para-hydroxylation sites is 1. The summed E-state index contributed by atoms with van der Waals surface area (Å²) in [7, 11) is 0. The van der Waals surface area contributed by atoms with Crippen molar-refractivity contribution in [2.24, 2.45) is 0 Å². The molecule has 176 valence electrons. The maximum Gasteiger partial charge on any atom is 0.421 e. The van der Waals surface area contributed by atoms with E-state index in [4.69, 9.17) is 9.47 Å². The molecule has 0 aromatic heterocycles. The molecule has 1 aromatic carbocycles. The molecule has 1 aliphatic heterocycles. The second kappa shape index (κ2) is 9.88. The number of allylic oxidation sites excluding steroid dienone is 1. The molecule has 0 radical (unpaired) electrons. The number of benzene rings is 1. The molecular formula is C26H37NO5. The Morgan fingerprint density at radius 2 is 1.62 bits per heavy atom. The minimum atomic E-state index is -0.929. The molecule has 1 aliphatic rings. The van der Waals surface area contributed by atoms with Crippen LogP contribution >= 0.6 is 0 Å². The second-order valence-electron chi connectivity index (χ2n) is 10.3. The molecule has 1 heterocycles. The first kappa shape index (κ1) is 25.6. The predicted octanol–water partition coefficient (Wildman–Crippen LogP) is 6.07. The number of unbranched alkanes of at least 4 members (excludes halogenated alkanes) is 2. The van der Waals surface area contributed by atoms with E-state index < -0.39 is 28.7 Å². The van der Waals surface area contributed by atoms with Crippen molar-refractivity contribution < 1.29 is 23.9 Å². The van der Waals surface area contributed by atoms with E-state index in [0.29, 0.717) is 18.5 Å². The maximum atomic E-state index is 13.8. The summed E-state index contributed by atoms with van der Waals surface area (Å²) in [6.45, 7) is 12.8. The Balaban J connectivity index is 2.43. The Hall–Kier alpha value is -2.63. The van der Waals surface area contributed by atoms with Gasteiger partial charge in [-0.3, -0.25) is 4.79 Å². The fourth-order valence-electron chi connectivity index (χ4n) is 3.91. The van der Waals surface area contributed by atoms with E-state index in [2.05, 4.69) is 6.92 Å². The largest absolute Gasteiger partial charge is 0.457 e. The molecule has 2 amide bonds. The van der Waals surface area contributed by atoms with Crippen LogP contribution in [0.25, 0.3) is 0 Å². The minimum Gasteiger partial charge on any atom is -0.457 e. The van der Waals surface area contributed by atoms with Crippen LogP contribution in [0.5, 0.6) is 0 Å². The van der Waals surface area contributed by atoms with Crippen molar-refractivity contribution in [2.75, 3.05) is 4.90 Å². The molecule has 32 heavy (non-hydrogen) atoms.